The lowest BCUT2D eigenvalue weighted by Crippen LogP contribution is -2.52. The van der Waals surface area contributed by atoms with E-state index in [4.69, 9.17) is 0 Å². The number of nitrogens with one attached hydrogen (secondary N) is 1. The number of hydrogen-bond acceptors (Lipinski definition) is 2. The van der Waals surface area contributed by atoms with Gasteiger partial charge in [-0.2, -0.15) is 0 Å². The molecule has 2 atom stereocenters. The lowest BCUT2D eigenvalue weighted by molar-refractivity contribution is -0.148. The van der Waals surface area contributed by atoms with Gasteiger partial charge in [-0.1, -0.05) is 19.8 Å². The molecule has 1 aliphatic heterocycles. The summed E-state index contributed by atoms with van der Waals surface area (Å²) in [5.74, 6) is -0.259. The highest BCUT2D eigenvalue weighted by Gasteiger charge is 2.42. The molecule has 2 aliphatic rings. The van der Waals surface area contributed by atoms with Gasteiger partial charge in [0.25, 0.3) is 0 Å². The van der Waals surface area contributed by atoms with Crippen molar-refractivity contribution in [2.24, 2.45) is 11.3 Å². The second kappa shape index (κ2) is 6.02. The first-order chi connectivity index (χ1) is 9.46. The second-order valence-corrected chi connectivity index (χ2v) is 6.50. The fourth-order valence-corrected chi connectivity index (χ4v) is 3.49. The highest BCUT2D eigenvalue weighted by Crippen LogP contribution is 2.37. The van der Waals surface area contributed by atoms with Crippen LogP contribution in [0, 0.1) is 11.3 Å². The number of urea groups is 1. The zero-order valence-electron chi connectivity index (χ0n) is 12.5. The van der Waals surface area contributed by atoms with Gasteiger partial charge in [-0.3, -0.25) is 4.79 Å². The van der Waals surface area contributed by atoms with Gasteiger partial charge in [0.15, 0.2) is 0 Å². The Morgan fingerprint density at radius 3 is 2.50 bits per heavy atom. The zero-order chi connectivity index (χ0) is 14.8. The number of hydrogen-bond donors (Lipinski definition) is 2. The summed E-state index contributed by atoms with van der Waals surface area (Å²) in [7, 11) is 0. The van der Waals surface area contributed by atoms with Gasteiger partial charge in [0.2, 0.25) is 0 Å². The molecule has 2 amide bonds. The van der Waals surface area contributed by atoms with E-state index in [9.17, 15) is 14.7 Å². The van der Waals surface area contributed by atoms with Crippen molar-refractivity contribution in [2.75, 3.05) is 13.1 Å². The van der Waals surface area contributed by atoms with Crippen molar-refractivity contribution in [2.45, 2.75) is 58.4 Å². The Balaban J connectivity index is 1.92. The molecule has 2 fully saturated rings. The van der Waals surface area contributed by atoms with Crippen molar-refractivity contribution < 1.29 is 14.7 Å². The standard InChI is InChI=1S/C15H26N2O3/c1-11-6-5-9-17(12(11)2)14(20)16-10-15(13(18)19)7-3-4-8-15/h11-12H,3-10H2,1-2H3,(H,16,20)(H,18,19). The molecule has 0 radical (unpaired) electrons. The van der Waals surface area contributed by atoms with Gasteiger partial charge >= 0.3 is 12.0 Å². The van der Waals surface area contributed by atoms with Gasteiger partial charge in [0.1, 0.15) is 0 Å². The van der Waals surface area contributed by atoms with Crippen molar-refractivity contribution in [3.05, 3.63) is 0 Å². The highest BCUT2D eigenvalue weighted by molar-refractivity contribution is 5.78. The van der Waals surface area contributed by atoms with Crippen LogP contribution in [0.5, 0.6) is 0 Å². The average Bonchev–Trinajstić information content (AvgIpc) is 2.89. The summed E-state index contributed by atoms with van der Waals surface area (Å²) in [5.41, 5.74) is -0.736. The minimum absolute atomic E-state index is 0.100. The van der Waals surface area contributed by atoms with Crippen molar-refractivity contribution in [1.29, 1.82) is 0 Å². The molecule has 0 aromatic heterocycles. The largest absolute Gasteiger partial charge is 0.481 e. The van der Waals surface area contributed by atoms with Crippen LogP contribution >= 0.6 is 0 Å². The van der Waals surface area contributed by atoms with E-state index < -0.39 is 11.4 Å². The van der Waals surface area contributed by atoms with Gasteiger partial charge in [-0.05, 0) is 38.5 Å². The predicted octanol–water partition coefficient (Wildman–Crippen LogP) is 2.46. The number of carbonyl (C=O) groups excluding carboxylic acids is 1. The quantitative estimate of drug-likeness (QED) is 0.835. The molecule has 0 spiro atoms. The number of piperidine rings is 1. The first kappa shape index (κ1) is 15.1. The molecule has 20 heavy (non-hydrogen) atoms. The molecular formula is C15H26N2O3. The highest BCUT2D eigenvalue weighted by atomic mass is 16.4. The van der Waals surface area contributed by atoms with Gasteiger partial charge in [-0.25, -0.2) is 4.79 Å². The van der Waals surface area contributed by atoms with E-state index in [1.165, 1.54) is 0 Å². The first-order valence-electron chi connectivity index (χ1n) is 7.74. The number of carboxylic acid groups (broad SMARTS) is 1. The molecule has 2 N–H and O–H groups in total. The van der Waals surface area contributed by atoms with Gasteiger partial charge < -0.3 is 15.3 Å². The van der Waals surface area contributed by atoms with E-state index >= 15 is 0 Å². The summed E-state index contributed by atoms with van der Waals surface area (Å²) in [6, 6.07) is 0.129. The van der Waals surface area contributed by atoms with E-state index in [-0.39, 0.29) is 18.6 Å². The zero-order valence-corrected chi connectivity index (χ0v) is 12.5. The van der Waals surface area contributed by atoms with Crippen molar-refractivity contribution >= 4 is 12.0 Å². The third kappa shape index (κ3) is 2.91. The van der Waals surface area contributed by atoms with Gasteiger partial charge in [0.05, 0.1) is 5.41 Å². The third-order valence-electron chi connectivity index (χ3n) is 5.23. The van der Waals surface area contributed by atoms with Crippen LogP contribution in [0.3, 0.4) is 0 Å². The summed E-state index contributed by atoms with van der Waals surface area (Å²) in [4.78, 5) is 25.6. The van der Waals surface area contributed by atoms with Crippen LogP contribution in [0.4, 0.5) is 4.79 Å². The fraction of sp³-hybridized carbons (Fsp3) is 0.867. The smallest absolute Gasteiger partial charge is 0.317 e. The molecule has 1 aliphatic carbocycles. The molecule has 0 aromatic carbocycles. The molecule has 1 saturated carbocycles. The van der Waals surface area contributed by atoms with Crippen LogP contribution in [0.1, 0.15) is 52.4 Å². The maximum Gasteiger partial charge on any atom is 0.317 e. The van der Waals surface area contributed by atoms with E-state index in [1.807, 2.05) is 4.90 Å². The Labute approximate surface area is 120 Å². The summed E-state index contributed by atoms with van der Waals surface area (Å²) >= 11 is 0. The topological polar surface area (TPSA) is 69.6 Å². The van der Waals surface area contributed by atoms with Gasteiger partial charge in [0, 0.05) is 19.1 Å². The fourth-order valence-electron chi connectivity index (χ4n) is 3.49. The third-order valence-corrected chi connectivity index (χ3v) is 5.23. The second-order valence-electron chi connectivity index (χ2n) is 6.50. The van der Waals surface area contributed by atoms with E-state index in [0.717, 1.165) is 32.2 Å². The Morgan fingerprint density at radius 1 is 1.25 bits per heavy atom. The minimum Gasteiger partial charge on any atom is -0.481 e. The number of carboxylic acids is 1. The molecule has 1 heterocycles. The van der Waals surface area contributed by atoms with Crippen LogP contribution in [0.15, 0.2) is 0 Å². The molecule has 1 saturated heterocycles. The first-order valence-corrected chi connectivity index (χ1v) is 7.74. The number of amides is 2. The Bertz CT molecular complexity index is 377. The molecule has 0 aromatic rings. The number of nitrogens with zero attached hydrogens (tertiary/aromatic N) is 1. The van der Waals surface area contributed by atoms with E-state index in [2.05, 4.69) is 19.2 Å². The summed E-state index contributed by atoms with van der Waals surface area (Å²) < 4.78 is 0. The monoisotopic (exact) mass is 282 g/mol. The summed E-state index contributed by atoms with van der Waals surface area (Å²) in [6.07, 6.45) is 5.43. The minimum atomic E-state index is -0.768. The van der Waals surface area contributed by atoms with Crippen LogP contribution in [0.25, 0.3) is 0 Å². The lowest BCUT2D eigenvalue weighted by atomic mass is 9.86. The van der Waals surface area contributed by atoms with E-state index in [1.54, 1.807) is 0 Å². The van der Waals surface area contributed by atoms with Crippen molar-refractivity contribution in [3.63, 3.8) is 0 Å². The van der Waals surface area contributed by atoms with Gasteiger partial charge in [-0.15, -0.1) is 0 Å². The maximum atomic E-state index is 12.3. The lowest BCUT2D eigenvalue weighted by Gasteiger charge is -2.38. The average molecular weight is 282 g/mol. The summed E-state index contributed by atoms with van der Waals surface area (Å²) in [6.45, 7) is 5.28. The number of rotatable bonds is 3. The van der Waals surface area contributed by atoms with Crippen molar-refractivity contribution in [1.82, 2.24) is 10.2 Å². The summed E-state index contributed by atoms with van der Waals surface area (Å²) in [5, 5.41) is 12.3. The van der Waals surface area contributed by atoms with E-state index in [0.29, 0.717) is 18.8 Å². The van der Waals surface area contributed by atoms with Crippen molar-refractivity contribution in [3.8, 4) is 0 Å². The Hall–Kier alpha value is -1.26. The Kier molecular flexibility index (Phi) is 4.55. The Morgan fingerprint density at radius 2 is 1.90 bits per heavy atom. The van der Waals surface area contributed by atoms with Crippen LogP contribution in [-0.2, 0) is 4.79 Å². The predicted molar refractivity (Wildman–Crippen MR) is 76.5 cm³/mol. The van der Waals surface area contributed by atoms with Crippen LogP contribution in [0.2, 0.25) is 0 Å². The number of aliphatic carboxylic acids is 1. The normalized spacial score (nSPS) is 29.2. The van der Waals surface area contributed by atoms with Crippen LogP contribution < -0.4 is 5.32 Å². The van der Waals surface area contributed by atoms with Crippen LogP contribution in [-0.4, -0.2) is 41.1 Å². The maximum absolute atomic E-state index is 12.3. The molecule has 2 rings (SSSR count). The molecular weight excluding hydrogens is 256 g/mol. The SMILES string of the molecule is CC1CCCN(C(=O)NCC2(C(=O)O)CCCC2)C1C. The molecule has 5 heteroatoms. The number of carbonyl (C=O) groups is 2. The molecule has 0 bridgehead atoms. The molecule has 5 nitrogen and oxygen atoms in total. The molecule has 2 unspecified atom stereocenters. The number of likely N-dealkylation sites (tertiary alicyclic amines) is 1. The molecule has 114 valence electrons.